The highest BCUT2D eigenvalue weighted by molar-refractivity contribution is 9.11. The molecule has 28 heteroatoms. The van der Waals surface area contributed by atoms with Crippen LogP contribution in [0.15, 0.2) is 150 Å². The number of nitrogens with zero attached hydrogens (tertiary/aromatic N) is 2. The number of aldehydes is 2. The molecule has 0 aliphatic carbocycles. The second-order valence-corrected chi connectivity index (χ2v) is 22.2. The van der Waals surface area contributed by atoms with E-state index in [-0.39, 0.29) is 88.9 Å². The van der Waals surface area contributed by atoms with E-state index in [0.29, 0.717) is 82.0 Å². The van der Waals surface area contributed by atoms with Crippen molar-refractivity contribution in [2.45, 2.75) is 34.2 Å². The van der Waals surface area contributed by atoms with Gasteiger partial charge < -0.3 is 71.9 Å². The second kappa shape index (κ2) is 42.5. The van der Waals surface area contributed by atoms with Crippen LogP contribution in [0.5, 0.6) is 63.2 Å². The van der Waals surface area contributed by atoms with E-state index >= 15 is 0 Å². The molecule has 1 unspecified atom stereocenters. The molecule has 484 valence electrons. The van der Waals surface area contributed by atoms with Crippen LogP contribution in [0.2, 0.25) is 0 Å². The average molecular weight is 1580 g/mol. The molecule has 1 aliphatic heterocycles. The molecule has 8 rings (SSSR count). The number of ketones is 2. The van der Waals surface area contributed by atoms with Crippen molar-refractivity contribution in [3.05, 3.63) is 184 Å². The van der Waals surface area contributed by atoms with E-state index < -0.39 is 0 Å². The van der Waals surface area contributed by atoms with Crippen molar-refractivity contribution in [2.75, 3.05) is 40.3 Å². The molecule has 1 aliphatic rings. The zero-order chi connectivity index (χ0) is 66.4. The first kappa shape index (κ1) is 82.5. The third-order valence-electron chi connectivity index (χ3n) is 11.2. The molecule has 0 saturated heterocycles. The Morgan fingerprint density at radius 3 is 1.36 bits per heavy atom. The zero-order valence-corrected chi connectivity index (χ0v) is 56.7. The van der Waals surface area contributed by atoms with Gasteiger partial charge in [0, 0.05) is 35.2 Å². The van der Waals surface area contributed by atoms with Gasteiger partial charge in [-0.2, -0.15) is 5.10 Å². The molecule has 20 nitrogen and oxygen atoms in total. The number of ether oxygens (including phenoxy) is 4. The molecule has 7 aromatic carbocycles. The Morgan fingerprint density at radius 1 is 0.600 bits per heavy atom. The quantitative estimate of drug-likeness (QED) is 0.0128. The molecule has 0 amide bonds. The predicted octanol–water partition coefficient (Wildman–Crippen LogP) is 14.5. The van der Waals surface area contributed by atoms with Crippen molar-refractivity contribution in [1.29, 1.82) is 0 Å². The average Bonchev–Trinajstić information content (AvgIpc) is 1.66. The lowest BCUT2D eigenvalue weighted by Gasteiger charge is -2.22. The maximum absolute atomic E-state index is 12.0. The SMILES string of the molecule is C.C.COc1cc(C=O)cc(Br)c1O.COc1ccc(C(=O)/C=C/c2cc(O)c(O)c(Br)c2)cc1.COc1ccc(C(C)=O)cc1.COc1ccc(C2=NN(C(N)=S)C(c3cc(O)c(O)c(Br)c3)C2)cc1.ClCCl.NCC(N)=S.O=Cc1cc(O)c(O)c(Br)c1. The normalized spacial score (nSPS) is 11.3. The number of hydrogen-bond donors (Lipinski definition) is 10. The number of Topliss-reactive ketones (excluding diaryl/α,β-unsaturated/α-hetero) is 1. The number of carbonyl (C=O) groups excluding carboxylic acids is 4. The number of phenolic OH excluding ortho intramolecular Hbond substituents is 7. The lowest BCUT2D eigenvalue weighted by molar-refractivity contribution is 0.101. The van der Waals surface area contributed by atoms with Crippen LogP contribution in [0.1, 0.15) is 92.4 Å². The van der Waals surface area contributed by atoms with Gasteiger partial charge in [0.05, 0.1) is 68.4 Å². The number of allylic oxidation sites excluding steroid dienone is 1. The van der Waals surface area contributed by atoms with Crippen LogP contribution in [0, 0.1) is 0 Å². The minimum Gasteiger partial charge on any atom is -0.504 e. The molecule has 1 atom stereocenters. The van der Waals surface area contributed by atoms with E-state index in [4.69, 9.17) is 81.8 Å². The Morgan fingerprint density at radius 2 is 0.978 bits per heavy atom. The fourth-order valence-electron chi connectivity index (χ4n) is 6.77. The number of carbonyl (C=O) groups is 4. The summed E-state index contributed by atoms with van der Waals surface area (Å²) in [5.41, 5.74) is 20.7. The van der Waals surface area contributed by atoms with Crippen LogP contribution < -0.4 is 36.1 Å². The number of aromatic hydroxyl groups is 7. The summed E-state index contributed by atoms with van der Waals surface area (Å²) < 4.78 is 21.5. The molecule has 1 heterocycles. The van der Waals surface area contributed by atoms with Gasteiger partial charge in [-0.15, -0.1) is 23.2 Å². The van der Waals surface area contributed by atoms with E-state index in [1.165, 1.54) is 49.6 Å². The minimum atomic E-state index is -0.304. The fourth-order valence-corrected chi connectivity index (χ4v) is 8.80. The first-order valence-corrected chi connectivity index (χ1v) is 29.8. The van der Waals surface area contributed by atoms with Gasteiger partial charge in [-0.05, 0) is 227 Å². The van der Waals surface area contributed by atoms with Crippen molar-refractivity contribution < 1.29 is 73.9 Å². The summed E-state index contributed by atoms with van der Waals surface area (Å²) in [5, 5.41) is 72.3. The Hall–Kier alpha value is -7.53. The maximum atomic E-state index is 12.0. The van der Waals surface area contributed by atoms with Crippen molar-refractivity contribution >= 4 is 157 Å². The smallest absolute Gasteiger partial charge is 0.187 e. The molecular weight excluding hydrogens is 1510 g/mol. The lowest BCUT2D eigenvalue weighted by atomic mass is 9.98. The van der Waals surface area contributed by atoms with Crippen molar-refractivity contribution in [3.8, 4) is 63.2 Å². The number of phenols is 7. The van der Waals surface area contributed by atoms with Crippen LogP contribution in [-0.4, -0.2) is 121 Å². The number of nitrogens with two attached hydrogens (primary N) is 3. The van der Waals surface area contributed by atoms with Gasteiger partial charge in [0.15, 0.2) is 62.7 Å². The third kappa shape index (κ3) is 26.9. The maximum Gasteiger partial charge on any atom is 0.187 e. The fraction of sp³-hybridized carbons (Fsp3) is 0.177. The van der Waals surface area contributed by atoms with E-state index in [1.807, 2.05) is 24.3 Å². The summed E-state index contributed by atoms with van der Waals surface area (Å²) in [6.45, 7) is 1.86. The minimum absolute atomic E-state index is 0. The number of hydrazone groups is 1. The molecule has 0 aromatic heterocycles. The number of halogens is 6. The standard InChI is InChI=1S/C17H16BrN3O3S.C16H13BrO4.C9H10O2.C8H7BrO3.C7H5BrO3.C2H6N2S.CH2Cl2.2CH4/c1-24-11-4-2-9(3-5-11)13-8-14(21(20-13)17(19)25)10-6-12(18)16(23)15(22)7-10;1-21-12-5-3-11(4-6-12)14(18)7-2-10-8-13(17)16(20)15(19)9-10;1-7(10)8-3-5-9(11-2)6-4-8;1-12-7-3-5(4-10)2-6(9)8(7)11;8-5-1-4(3-9)2-6(10)7(5)11;3-1-2(4)5;2-1-3;;/h2-7,14,22-23H,8H2,1H3,(H2,19,25);2-9,19-20H,1H3;3-6H,1-2H3;2-4,11H,1H3;1-3,10-11H;1,3H2,(H2,4,5);1H2;2*1H4/b;7-2+;;;;;;;. The Balaban J connectivity index is 0.00000110. The molecule has 0 spiro atoms. The van der Waals surface area contributed by atoms with Crippen LogP contribution >= 0.6 is 111 Å². The van der Waals surface area contributed by atoms with Crippen molar-refractivity contribution in [1.82, 2.24) is 5.01 Å². The number of alkyl halides is 2. The molecule has 0 bridgehead atoms. The third-order valence-corrected chi connectivity index (χ3v) is 14.0. The summed E-state index contributed by atoms with van der Waals surface area (Å²) in [6.07, 6.45) is 4.80. The first-order valence-electron chi connectivity index (χ1n) is 24.7. The number of methoxy groups -OCH3 is 4. The lowest BCUT2D eigenvalue weighted by Crippen LogP contribution is -2.31. The van der Waals surface area contributed by atoms with Gasteiger partial charge in [0.2, 0.25) is 0 Å². The monoisotopic (exact) mass is 1570 g/mol. The molecule has 90 heavy (non-hydrogen) atoms. The largest absolute Gasteiger partial charge is 0.504 e. The van der Waals surface area contributed by atoms with Crippen molar-refractivity contribution in [2.24, 2.45) is 22.3 Å². The van der Waals surface area contributed by atoms with Gasteiger partial charge in [-0.25, -0.2) is 5.01 Å². The van der Waals surface area contributed by atoms with Gasteiger partial charge >= 0.3 is 0 Å². The summed E-state index contributed by atoms with van der Waals surface area (Å²) >= 11 is 31.4. The zero-order valence-electron chi connectivity index (χ0n) is 47.2. The van der Waals surface area contributed by atoms with Crippen LogP contribution in [0.25, 0.3) is 6.08 Å². The number of hydrogen-bond acceptors (Lipinski definition) is 19. The highest BCUT2D eigenvalue weighted by Gasteiger charge is 2.31. The summed E-state index contributed by atoms with van der Waals surface area (Å²) in [7, 11) is 6.20. The van der Waals surface area contributed by atoms with Crippen LogP contribution in [0.4, 0.5) is 0 Å². The summed E-state index contributed by atoms with van der Waals surface area (Å²) in [5.74, 6) is 0.954. The first-order chi connectivity index (χ1) is 41.7. The van der Waals surface area contributed by atoms with E-state index in [0.717, 1.165) is 28.3 Å². The number of benzene rings is 7. The van der Waals surface area contributed by atoms with Crippen LogP contribution in [0.3, 0.4) is 0 Å². The Labute approximate surface area is 576 Å². The van der Waals surface area contributed by atoms with Crippen LogP contribution in [-0.2, 0) is 0 Å². The highest BCUT2D eigenvalue weighted by Crippen LogP contribution is 2.41. The van der Waals surface area contributed by atoms with E-state index in [2.05, 4.69) is 81.0 Å². The molecule has 0 radical (unpaired) electrons. The predicted molar refractivity (Wildman–Crippen MR) is 376 cm³/mol. The van der Waals surface area contributed by atoms with Gasteiger partial charge in [0.25, 0.3) is 0 Å². The number of thiocarbonyl (C=S) groups is 2. The second-order valence-electron chi connectivity index (χ2n) is 17.1. The molecule has 0 saturated carbocycles. The molecular formula is C62H67Br4Cl2N5O15S2. The van der Waals surface area contributed by atoms with Gasteiger partial charge in [-0.1, -0.05) is 33.1 Å². The van der Waals surface area contributed by atoms with Gasteiger partial charge in [-0.3, -0.25) is 19.2 Å². The Bertz CT molecular complexity index is 3510. The highest BCUT2D eigenvalue weighted by atomic mass is 79.9. The summed E-state index contributed by atoms with van der Waals surface area (Å²) in [6, 6.07) is 32.9. The van der Waals surface area contributed by atoms with Crippen molar-refractivity contribution in [3.63, 3.8) is 0 Å². The molecule has 13 N–H and O–H groups in total. The summed E-state index contributed by atoms with van der Waals surface area (Å²) in [4.78, 5) is 43.8. The molecule has 0 fully saturated rings. The van der Waals surface area contributed by atoms with E-state index in [1.54, 1.807) is 100 Å². The van der Waals surface area contributed by atoms with Gasteiger partial charge in [0.1, 0.15) is 29.8 Å². The molecule has 7 aromatic rings. The Kier molecular flexibility index (Phi) is 38.9. The van der Waals surface area contributed by atoms with E-state index in [9.17, 15) is 44.7 Å². The number of rotatable bonds is 13. The topological polar surface area (TPSA) is 340 Å².